The summed E-state index contributed by atoms with van der Waals surface area (Å²) in [4.78, 5) is 2.63. The molecular weight excluding hydrogens is 248 g/mol. The van der Waals surface area contributed by atoms with Crippen molar-refractivity contribution in [2.45, 2.75) is 44.7 Å². The Morgan fingerprint density at radius 2 is 2.00 bits per heavy atom. The summed E-state index contributed by atoms with van der Waals surface area (Å²) < 4.78 is 5.51. The molecule has 3 heteroatoms. The average molecular weight is 276 g/mol. The van der Waals surface area contributed by atoms with Crippen LogP contribution in [-0.4, -0.2) is 38.2 Å². The van der Waals surface area contributed by atoms with Gasteiger partial charge in [-0.3, -0.25) is 4.90 Å². The maximum atomic E-state index is 5.51. The summed E-state index contributed by atoms with van der Waals surface area (Å²) in [5.74, 6) is 0.981. The van der Waals surface area contributed by atoms with Crippen molar-refractivity contribution in [1.29, 1.82) is 0 Å². The van der Waals surface area contributed by atoms with E-state index in [4.69, 9.17) is 4.74 Å². The van der Waals surface area contributed by atoms with Crippen LogP contribution in [0.25, 0.3) is 0 Å². The van der Waals surface area contributed by atoms with Gasteiger partial charge in [-0.1, -0.05) is 38.0 Å². The first-order chi connectivity index (χ1) is 9.80. The van der Waals surface area contributed by atoms with Crippen molar-refractivity contribution >= 4 is 0 Å². The number of methoxy groups -OCH3 is 1. The van der Waals surface area contributed by atoms with Gasteiger partial charge in [-0.15, -0.1) is 0 Å². The first-order valence-corrected chi connectivity index (χ1v) is 7.84. The molecule has 1 unspecified atom stereocenters. The molecule has 1 atom stereocenters. The third-order valence-electron chi connectivity index (χ3n) is 4.53. The summed E-state index contributed by atoms with van der Waals surface area (Å²) in [5, 5.41) is 3.46. The van der Waals surface area contributed by atoms with E-state index in [-0.39, 0.29) is 0 Å². The Kier molecular flexibility index (Phi) is 5.86. The summed E-state index contributed by atoms with van der Waals surface area (Å²) in [6.45, 7) is 4.45. The molecule has 1 aromatic carbocycles. The fourth-order valence-electron chi connectivity index (χ4n) is 3.34. The quantitative estimate of drug-likeness (QED) is 0.827. The molecule has 0 saturated heterocycles. The van der Waals surface area contributed by atoms with Crippen molar-refractivity contribution in [3.8, 4) is 5.75 Å². The number of rotatable bonds is 7. The van der Waals surface area contributed by atoms with E-state index in [2.05, 4.69) is 29.3 Å². The van der Waals surface area contributed by atoms with E-state index >= 15 is 0 Å². The molecule has 1 aliphatic rings. The molecule has 0 radical (unpaired) electrons. The standard InChI is InChI=1S/C17H28N2O/c1-4-19(14-9-5-6-10-14)13-16(18-2)15-11-7-8-12-17(15)20-3/h7-8,11-12,14,16,18H,4-6,9-10,13H2,1-3H3. The van der Waals surface area contributed by atoms with E-state index in [0.717, 1.165) is 24.9 Å². The molecule has 0 amide bonds. The Hall–Kier alpha value is -1.06. The molecule has 1 aliphatic carbocycles. The third-order valence-corrected chi connectivity index (χ3v) is 4.53. The number of hydrogen-bond donors (Lipinski definition) is 1. The predicted octanol–water partition coefficient (Wildman–Crippen LogP) is 3.22. The van der Waals surface area contributed by atoms with E-state index in [9.17, 15) is 0 Å². The first-order valence-electron chi connectivity index (χ1n) is 7.84. The predicted molar refractivity (Wildman–Crippen MR) is 84.3 cm³/mol. The van der Waals surface area contributed by atoms with Crippen LogP contribution in [0.4, 0.5) is 0 Å². The van der Waals surface area contributed by atoms with E-state index in [1.54, 1.807) is 7.11 Å². The number of ether oxygens (including phenoxy) is 1. The van der Waals surface area contributed by atoms with Crippen molar-refractivity contribution < 1.29 is 4.74 Å². The lowest BCUT2D eigenvalue weighted by atomic mass is 10.0. The molecule has 0 heterocycles. The molecule has 20 heavy (non-hydrogen) atoms. The fourth-order valence-corrected chi connectivity index (χ4v) is 3.34. The molecule has 3 nitrogen and oxygen atoms in total. The summed E-state index contributed by atoms with van der Waals surface area (Å²) >= 11 is 0. The molecule has 1 N–H and O–H groups in total. The molecule has 2 rings (SSSR count). The molecule has 0 spiro atoms. The molecule has 0 aliphatic heterocycles. The minimum Gasteiger partial charge on any atom is -0.496 e. The molecule has 0 bridgehead atoms. The second kappa shape index (κ2) is 7.65. The van der Waals surface area contributed by atoms with Crippen molar-refractivity contribution in [3.05, 3.63) is 29.8 Å². The largest absolute Gasteiger partial charge is 0.496 e. The van der Waals surface area contributed by atoms with Gasteiger partial charge >= 0.3 is 0 Å². The Morgan fingerprint density at radius 1 is 1.30 bits per heavy atom. The van der Waals surface area contributed by atoms with E-state index in [0.29, 0.717) is 6.04 Å². The van der Waals surface area contributed by atoms with Crippen LogP contribution in [-0.2, 0) is 0 Å². The van der Waals surface area contributed by atoms with Gasteiger partial charge in [-0.25, -0.2) is 0 Å². The second-order valence-electron chi connectivity index (χ2n) is 5.61. The number of nitrogens with one attached hydrogen (secondary N) is 1. The van der Waals surface area contributed by atoms with E-state index < -0.39 is 0 Å². The lowest BCUT2D eigenvalue weighted by molar-refractivity contribution is 0.188. The normalized spacial score (nSPS) is 17.6. The van der Waals surface area contributed by atoms with Crippen molar-refractivity contribution in [2.75, 3.05) is 27.2 Å². The Labute approximate surface area is 123 Å². The summed E-state index contributed by atoms with van der Waals surface area (Å²) in [6, 6.07) is 9.43. The van der Waals surface area contributed by atoms with Gasteiger partial charge in [0.1, 0.15) is 5.75 Å². The van der Waals surface area contributed by atoms with Gasteiger partial charge in [-0.2, -0.15) is 0 Å². The third kappa shape index (κ3) is 3.53. The van der Waals surface area contributed by atoms with Crippen molar-refractivity contribution in [1.82, 2.24) is 10.2 Å². The minimum absolute atomic E-state index is 0.326. The molecule has 1 aromatic rings. The van der Waals surface area contributed by atoms with Gasteiger partial charge in [-0.05, 0) is 32.5 Å². The Morgan fingerprint density at radius 3 is 2.60 bits per heavy atom. The van der Waals surface area contributed by atoms with Gasteiger partial charge in [0.15, 0.2) is 0 Å². The molecule has 112 valence electrons. The van der Waals surface area contributed by atoms with Crippen molar-refractivity contribution in [3.63, 3.8) is 0 Å². The van der Waals surface area contributed by atoms with Gasteiger partial charge < -0.3 is 10.1 Å². The van der Waals surface area contributed by atoms with Crippen LogP contribution in [0.2, 0.25) is 0 Å². The van der Waals surface area contributed by atoms with Gasteiger partial charge in [0.05, 0.1) is 7.11 Å². The monoisotopic (exact) mass is 276 g/mol. The maximum absolute atomic E-state index is 5.51. The highest BCUT2D eigenvalue weighted by molar-refractivity contribution is 5.36. The highest BCUT2D eigenvalue weighted by atomic mass is 16.5. The molecular formula is C17H28N2O. The minimum atomic E-state index is 0.326. The summed E-state index contributed by atoms with van der Waals surface area (Å²) in [6.07, 6.45) is 5.49. The van der Waals surface area contributed by atoms with Gasteiger partial charge in [0.2, 0.25) is 0 Å². The smallest absolute Gasteiger partial charge is 0.123 e. The van der Waals surface area contributed by atoms with Gasteiger partial charge in [0, 0.05) is 24.2 Å². The molecule has 1 fully saturated rings. The number of para-hydroxylation sites is 1. The number of hydrogen-bond acceptors (Lipinski definition) is 3. The molecule has 0 aromatic heterocycles. The van der Waals surface area contributed by atoms with Crippen LogP contribution in [0, 0.1) is 0 Å². The van der Waals surface area contributed by atoms with E-state index in [1.807, 2.05) is 19.2 Å². The zero-order valence-electron chi connectivity index (χ0n) is 13.1. The lowest BCUT2D eigenvalue weighted by Gasteiger charge is -2.32. The number of likely N-dealkylation sites (N-methyl/N-ethyl adjacent to an activating group) is 2. The topological polar surface area (TPSA) is 24.5 Å². The Balaban J connectivity index is 2.10. The first kappa shape index (κ1) is 15.3. The maximum Gasteiger partial charge on any atom is 0.123 e. The highest BCUT2D eigenvalue weighted by Gasteiger charge is 2.24. The van der Waals surface area contributed by atoms with Crippen molar-refractivity contribution in [2.24, 2.45) is 0 Å². The SMILES string of the molecule is CCN(CC(NC)c1ccccc1OC)C1CCCC1. The highest BCUT2D eigenvalue weighted by Crippen LogP contribution is 2.28. The van der Waals surface area contributed by atoms with Crippen LogP contribution < -0.4 is 10.1 Å². The van der Waals surface area contributed by atoms with Gasteiger partial charge in [0.25, 0.3) is 0 Å². The number of benzene rings is 1. The van der Waals surface area contributed by atoms with Crippen LogP contribution in [0.5, 0.6) is 5.75 Å². The molecule has 1 saturated carbocycles. The van der Waals surface area contributed by atoms with E-state index in [1.165, 1.54) is 31.2 Å². The lowest BCUT2D eigenvalue weighted by Crippen LogP contribution is -2.39. The summed E-state index contributed by atoms with van der Waals surface area (Å²) in [7, 11) is 3.79. The van der Waals surface area contributed by atoms with Crippen LogP contribution in [0.15, 0.2) is 24.3 Å². The van der Waals surface area contributed by atoms with Crippen LogP contribution in [0.3, 0.4) is 0 Å². The summed E-state index contributed by atoms with van der Waals surface area (Å²) in [5.41, 5.74) is 1.26. The number of nitrogens with zero attached hydrogens (tertiary/aromatic N) is 1. The second-order valence-corrected chi connectivity index (χ2v) is 5.61. The zero-order valence-corrected chi connectivity index (χ0v) is 13.1. The van der Waals surface area contributed by atoms with Crippen LogP contribution in [0.1, 0.15) is 44.2 Å². The fraction of sp³-hybridized carbons (Fsp3) is 0.647. The zero-order chi connectivity index (χ0) is 14.4. The Bertz CT molecular complexity index is 402. The average Bonchev–Trinajstić information content (AvgIpc) is 3.03. The van der Waals surface area contributed by atoms with Crippen LogP contribution >= 0.6 is 0 Å².